The van der Waals surface area contributed by atoms with E-state index < -0.39 is 0 Å². The molecule has 2 saturated carbocycles. The van der Waals surface area contributed by atoms with E-state index in [2.05, 4.69) is 19.2 Å². The lowest BCUT2D eigenvalue weighted by atomic mass is 9.81. The second-order valence-corrected chi connectivity index (χ2v) is 6.74. The quantitative estimate of drug-likeness (QED) is 0.765. The zero-order valence-corrected chi connectivity index (χ0v) is 11.9. The van der Waals surface area contributed by atoms with E-state index in [1.54, 1.807) is 0 Å². The first kappa shape index (κ1) is 13.4. The van der Waals surface area contributed by atoms with Crippen molar-refractivity contribution in [1.82, 2.24) is 5.32 Å². The third kappa shape index (κ3) is 4.28. The molecular weight excluding hydrogens is 206 g/mol. The van der Waals surface area contributed by atoms with Crippen LogP contribution in [0.4, 0.5) is 0 Å². The van der Waals surface area contributed by atoms with Crippen LogP contribution in [0.1, 0.15) is 71.6 Å². The molecular formula is C16H31N. The highest BCUT2D eigenvalue weighted by Gasteiger charge is 2.22. The molecule has 1 nitrogen and oxygen atoms in total. The fraction of sp³-hybridized carbons (Fsp3) is 1.00. The summed E-state index contributed by atoms with van der Waals surface area (Å²) in [6, 6.07) is 0.825. The minimum absolute atomic E-state index is 0.825. The monoisotopic (exact) mass is 237 g/mol. The van der Waals surface area contributed by atoms with E-state index in [9.17, 15) is 0 Å². The van der Waals surface area contributed by atoms with Crippen molar-refractivity contribution in [3.8, 4) is 0 Å². The average molecular weight is 237 g/mol. The van der Waals surface area contributed by atoms with Gasteiger partial charge in [0.15, 0.2) is 0 Å². The van der Waals surface area contributed by atoms with E-state index in [-0.39, 0.29) is 0 Å². The maximum atomic E-state index is 3.83. The molecule has 2 unspecified atom stereocenters. The Hall–Kier alpha value is -0.0400. The Balaban J connectivity index is 1.59. The molecule has 2 aliphatic rings. The normalized spacial score (nSPS) is 39.2. The average Bonchev–Trinajstić information content (AvgIpc) is 2.34. The molecule has 0 bridgehead atoms. The summed E-state index contributed by atoms with van der Waals surface area (Å²) in [6.07, 6.45) is 13.1. The van der Waals surface area contributed by atoms with Gasteiger partial charge < -0.3 is 5.32 Å². The Morgan fingerprint density at radius 3 is 2.29 bits per heavy atom. The van der Waals surface area contributed by atoms with Crippen LogP contribution in [-0.4, -0.2) is 12.6 Å². The van der Waals surface area contributed by atoms with E-state index in [4.69, 9.17) is 0 Å². The molecule has 0 heterocycles. The standard InChI is InChI=1S/C16H31N/c1-13-7-9-15(10-8-13)11-12-17-16-6-4-3-5-14(16)2/h13-17H,3-12H2,1-2H3. The zero-order chi connectivity index (χ0) is 12.1. The van der Waals surface area contributed by atoms with Gasteiger partial charge in [-0.15, -0.1) is 0 Å². The second kappa shape index (κ2) is 6.78. The van der Waals surface area contributed by atoms with Crippen LogP contribution in [0.2, 0.25) is 0 Å². The van der Waals surface area contributed by atoms with Crippen molar-refractivity contribution < 1.29 is 0 Å². The molecule has 2 atom stereocenters. The van der Waals surface area contributed by atoms with Crippen LogP contribution in [-0.2, 0) is 0 Å². The van der Waals surface area contributed by atoms with E-state index in [0.29, 0.717) is 0 Å². The van der Waals surface area contributed by atoms with Crippen molar-refractivity contribution in [3.63, 3.8) is 0 Å². The molecule has 0 aromatic carbocycles. The summed E-state index contributed by atoms with van der Waals surface area (Å²) in [5, 5.41) is 3.83. The number of hydrogen-bond donors (Lipinski definition) is 1. The third-order valence-corrected chi connectivity index (χ3v) is 5.21. The van der Waals surface area contributed by atoms with E-state index in [1.165, 1.54) is 64.3 Å². The van der Waals surface area contributed by atoms with Gasteiger partial charge in [0, 0.05) is 6.04 Å². The fourth-order valence-electron chi connectivity index (χ4n) is 3.71. The zero-order valence-electron chi connectivity index (χ0n) is 11.9. The van der Waals surface area contributed by atoms with Crippen LogP contribution in [0.3, 0.4) is 0 Å². The highest BCUT2D eigenvalue weighted by atomic mass is 14.9. The lowest BCUT2D eigenvalue weighted by Crippen LogP contribution is -2.38. The van der Waals surface area contributed by atoms with Crippen molar-refractivity contribution >= 4 is 0 Å². The predicted molar refractivity (Wildman–Crippen MR) is 75.2 cm³/mol. The Morgan fingerprint density at radius 1 is 0.882 bits per heavy atom. The molecule has 0 spiro atoms. The third-order valence-electron chi connectivity index (χ3n) is 5.21. The van der Waals surface area contributed by atoms with Crippen LogP contribution in [0, 0.1) is 17.8 Å². The van der Waals surface area contributed by atoms with Gasteiger partial charge in [0.05, 0.1) is 0 Å². The van der Waals surface area contributed by atoms with Gasteiger partial charge in [-0.3, -0.25) is 0 Å². The molecule has 2 fully saturated rings. The minimum atomic E-state index is 0.825. The number of hydrogen-bond acceptors (Lipinski definition) is 1. The van der Waals surface area contributed by atoms with Crippen LogP contribution in [0.5, 0.6) is 0 Å². The van der Waals surface area contributed by atoms with Gasteiger partial charge in [0.1, 0.15) is 0 Å². The molecule has 1 heteroatoms. The smallest absolute Gasteiger partial charge is 0.00926 e. The summed E-state index contributed by atoms with van der Waals surface area (Å²) in [5.41, 5.74) is 0. The second-order valence-electron chi connectivity index (χ2n) is 6.74. The Bertz CT molecular complexity index is 206. The van der Waals surface area contributed by atoms with E-state index in [1.807, 2.05) is 0 Å². The summed E-state index contributed by atoms with van der Waals surface area (Å²) >= 11 is 0. The molecule has 0 aromatic rings. The van der Waals surface area contributed by atoms with Gasteiger partial charge in [0.2, 0.25) is 0 Å². The van der Waals surface area contributed by atoms with E-state index >= 15 is 0 Å². The van der Waals surface area contributed by atoms with Crippen LogP contribution in [0.25, 0.3) is 0 Å². The summed E-state index contributed by atoms with van der Waals surface area (Å²) in [4.78, 5) is 0. The number of rotatable bonds is 4. The Labute approximate surface area is 108 Å². The molecule has 0 aliphatic heterocycles. The van der Waals surface area contributed by atoms with Crippen molar-refractivity contribution in [2.45, 2.75) is 77.7 Å². The molecule has 17 heavy (non-hydrogen) atoms. The summed E-state index contributed by atoms with van der Waals surface area (Å²) < 4.78 is 0. The summed E-state index contributed by atoms with van der Waals surface area (Å²) in [5.74, 6) is 2.94. The molecule has 0 amide bonds. The first-order valence-electron chi connectivity index (χ1n) is 7.99. The van der Waals surface area contributed by atoms with Gasteiger partial charge in [-0.05, 0) is 43.6 Å². The molecule has 2 rings (SSSR count). The van der Waals surface area contributed by atoms with Crippen LogP contribution in [0.15, 0.2) is 0 Å². The van der Waals surface area contributed by atoms with Crippen molar-refractivity contribution in [1.29, 1.82) is 0 Å². The topological polar surface area (TPSA) is 12.0 Å². The molecule has 100 valence electrons. The predicted octanol–water partition coefficient (Wildman–Crippen LogP) is 4.37. The van der Waals surface area contributed by atoms with Gasteiger partial charge in [-0.2, -0.15) is 0 Å². The lowest BCUT2D eigenvalue weighted by molar-refractivity contribution is 0.248. The molecule has 2 aliphatic carbocycles. The first-order chi connectivity index (χ1) is 8.25. The highest BCUT2D eigenvalue weighted by Crippen LogP contribution is 2.30. The van der Waals surface area contributed by atoms with Crippen molar-refractivity contribution in [3.05, 3.63) is 0 Å². The molecule has 1 N–H and O–H groups in total. The van der Waals surface area contributed by atoms with Gasteiger partial charge in [-0.25, -0.2) is 0 Å². The highest BCUT2D eigenvalue weighted by molar-refractivity contribution is 4.79. The van der Waals surface area contributed by atoms with Crippen LogP contribution < -0.4 is 5.32 Å². The minimum Gasteiger partial charge on any atom is -0.314 e. The van der Waals surface area contributed by atoms with Crippen molar-refractivity contribution in [2.24, 2.45) is 17.8 Å². The maximum Gasteiger partial charge on any atom is 0.00926 e. The molecule has 0 aromatic heterocycles. The Morgan fingerprint density at radius 2 is 1.59 bits per heavy atom. The summed E-state index contributed by atoms with van der Waals surface area (Å²) in [7, 11) is 0. The first-order valence-corrected chi connectivity index (χ1v) is 7.99. The lowest BCUT2D eigenvalue weighted by Gasteiger charge is -2.31. The largest absolute Gasteiger partial charge is 0.314 e. The van der Waals surface area contributed by atoms with Gasteiger partial charge in [0.25, 0.3) is 0 Å². The Kier molecular flexibility index (Phi) is 5.34. The SMILES string of the molecule is CC1CCC(CCNC2CCCCC2C)CC1. The van der Waals surface area contributed by atoms with E-state index in [0.717, 1.165) is 23.8 Å². The molecule has 0 saturated heterocycles. The fourth-order valence-corrected chi connectivity index (χ4v) is 3.71. The van der Waals surface area contributed by atoms with Crippen LogP contribution >= 0.6 is 0 Å². The van der Waals surface area contributed by atoms with Gasteiger partial charge in [-0.1, -0.05) is 52.4 Å². The molecule has 0 radical (unpaired) electrons. The van der Waals surface area contributed by atoms with Crippen molar-refractivity contribution in [2.75, 3.05) is 6.54 Å². The summed E-state index contributed by atoms with van der Waals surface area (Å²) in [6.45, 7) is 6.12. The number of nitrogens with one attached hydrogen (secondary N) is 1. The maximum absolute atomic E-state index is 3.83. The van der Waals surface area contributed by atoms with Gasteiger partial charge >= 0.3 is 0 Å².